The lowest BCUT2D eigenvalue weighted by Gasteiger charge is -2.31. The summed E-state index contributed by atoms with van der Waals surface area (Å²) in [6.07, 6.45) is 9.16. The number of nitrogens with zero attached hydrogens (tertiary/aromatic N) is 4. The zero-order chi connectivity index (χ0) is 21.3. The minimum atomic E-state index is -0.508. The minimum absolute atomic E-state index is 0.138. The van der Waals surface area contributed by atoms with Gasteiger partial charge in [0.15, 0.2) is 12.1 Å². The Bertz CT molecular complexity index is 1070. The number of ether oxygens (including phenoxy) is 2. The van der Waals surface area contributed by atoms with Crippen LogP contribution in [-0.4, -0.2) is 44.8 Å². The second kappa shape index (κ2) is 8.00. The van der Waals surface area contributed by atoms with Crippen molar-refractivity contribution >= 4 is 28.5 Å². The highest BCUT2D eigenvalue weighted by atomic mass is 16.7. The molecule has 0 amide bonds. The van der Waals surface area contributed by atoms with E-state index in [9.17, 15) is 4.79 Å². The van der Waals surface area contributed by atoms with Crippen LogP contribution in [0.15, 0.2) is 30.9 Å². The molecule has 30 heavy (non-hydrogen) atoms. The molecule has 1 aliphatic heterocycles. The fraction of sp³-hybridized carbons (Fsp3) is 0.429. The summed E-state index contributed by atoms with van der Waals surface area (Å²) in [5, 5.41) is 0.610. The van der Waals surface area contributed by atoms with E-state index in [4.69, 9.17) is 20.9 Å². The predicted molar refractivity (Wildman–Crippen MR) is 113 cm³/mol. The summed E-state index contributed by atoms with van der Waals surface area (Å²) >= 11 is 0. The van der Waals surface area contributed by atoms with Gasteiger partial charge in [0.25, 0.3) is 0 Å². The van der Waals surface area contributed by atoms with Gasteiger partial charge in [0.1, 0.15) is 5.65 Å². The number of nitrogen functional groups attached to an aromatic ring is 2. The van der Waals surface area contributed by atoms with Crippen LogP contribution in [0.4, 0.5) is 11.6 Å². The fourth-order valence-electron chi connectivity index (χ4n) is 3.61. The van der Waals surface area contributed by atoms with E-state index in [1.54, 1.807) is 18.5 Å². The van der Waals surface area contributed by atoms with E-state index >= 15 is 0 Å². The minimum Gasteiger partial charge on any atom is -0.397 e. The predicted octanol–water partition coefficient (Wildman–Crippen LogP) is 2.50. The third-order valence-electron chi connectivity index (χ3n) is 5.24. The zero-order valence-electron chi connectivity index (χ0n) is 17.2. The summed E-state index contributed by atoms with van der Waals surface area (Å²) < 4.78 is 13.6. The quantitative estimate of drug-likeness (QED) is 0.593. The molecule has 1 atom stereocenters. The van der Waals surface area contributed by atoms with Gasteiger partial charge >= 0.3 is 0 Å². The number of carbonyl (C=O) groups excluding carboxylic acids is 1. The number of ketones is 1. The van der Waals surface area contributed by atoms with Crippen molar-refractivity contribution in [2.75, 3.05) is 24.7 Å². The van der Waals surface area contributed by atoms with E-state index in [1.165, 1.54) is 12.4 Å². The van der Waals surface area contributed by atoms with E-state index in [1.807, 2.05) is 18.4 Å². The summed E-state index contributed by atoms with van der Waals surface area (Å²) in [4.78, 5) is 25.7. The van der Waals surface area contributed by atoms with E-state index < -0.39 is 5.54 Å². The molecular weight excluding hydrogens is 384 g/mol. The number of hydrogen-bond acceptors (Lipinski definition) is 8. The van der Waals surface area contributed by atoms with Crippen molar-refractivity contribution in [2.45, 2.75) is 44.9 Å². The number of pyridine rings is 1. The van der Waals surface area contributed by atoms with Crippen LogP contribution in [0.3, 0.4) is 0 Å². The Morgan fingerprint density at radius 3 is 2.87 bits per heavy atom. The SMILES string of the molecule is CC(C)(COC1CCCCO1)n1cc(C(=O)c2cncc(N)c2)c2cnc(N)nc21. The van der Waals surface area contributed by atoms with Crippen LogP contribution in [-0.2, 0) is 15.0 Å². The molecule has 0 bridgehead atoms. The number of rotatable bonds is 6. The van der Waals surface area contributed by atoms with Gasteiger partial charge in [-0.3, -0.25) is 9.78 Å². The molecule has 1 aliphatic rings. The largest absolute Gasteiger partial charge is 0.397 e. The molecule has 1 unspecified atom stereocenters. The highest BCUT2D eigenvalue weighted by Crippen LogP contribution is 2.29. The summed E-state index contributed by atoms with van der Waals surface area (Å²) in [5.74, 6) is -0.0712. The molecule has 3 aromatic heterocycles. The number of fused-ring (bicyclic) bond motifs is 1. The smallest absolute Gasteiger partial charge is 0.221 e. The lowest BCUT2D eigenvalue weighted by molar-refractivity contribution is -0.174. The third kappa shape index (κ3) is 3.99. The molecule has 9 nitrogen and oxygen atoms in total. The Balaban J connectivity index is 1.70. The molecule has 4 heterocycles. The Morgan fingerprint density at radius 2 is 2.13 bits per heavy atom. The Morgan fingerprint density at radius 1 is 1.30 bits per heavy atom. The third-order valence-corrected chi connectivity index (χ3v) is 5.24. The van der Waals surface area contributed by atoms with Crippen LogP contribution in [0.5, 0.6) is 0 Å². The maximum Gasteiger partial charge on any atom is 0.221 e. The van der Waals surface area contributed by atoms with Crippen molar-refractivity contribution < 1.29 is 14.3 Å². The van der Waals surface area contributed by atoms with Gasteiger partial charge in [-0.1, -0.05) is 0 Å². The normalized spacial score (nSPS) is 17.3. The lowest BCUT2D eigenvalue weighted by atomic mass is 10.1. The molecule has 4 rings (SSSR count). The molecule has 158 valence electrons. The first-order valence-electron chi connectivity index (χ1n) is 9.97. The molecule has 0 aromatic carbocycles. The lowest BCUT2D eigenvalue weighted by Crippen LogP contribution is -2.35. The van der Waals surface area contributed by atoms with Gasteiger partial charge in [-0.25, -0.2) is 4.98 Å². The number of anilines is 2. The van der Waals surface area contributed by atoms with Crippen molar-refractivity contribution in [3.8, 4) is 0 Å². The monoisotopic (exact) mass is 410 g/mol. The molecule has 0 spiro atoms. The van der Waals surface area contributed by atoms with Crippen LogP contribution in [0.25, 0.3) is 11.0 Å². The molecular formula is C21H26N6O3. The summed E-state index contributed by atoms with van der Waals surface area (Å²) in [7, 11) is 0. The van der Waals surface area contributed by atoms with Crippen molar-refractivity contribution in [2.24, 2.45) is 0 Å². The number of carbonyl (C=O) groups is 1. The van der Waals surface area contributed by atoms with Crippen molar-refractivity contribution in [3.63, 3.8) is 0 Å². The maximum absolute atomic E-state index is 13.2. The van der Waals surface area contributed by atoms with Crippen LogP contribution < -0.4 is 11.5 Å². The van der Waals surface area contributed by atoms with Gasteiger partial charge in [0, 0.05) is 42.3 Å². The molecule has 0 radical (unpaired) electrons. The molecule has 1 saturated heterocycles. The average molecular weight is 410 g/mol. The van der Waals surface area contributed by atoms with Crippen molar-refractivity contribution in [1.82, 2.24) is 19.5 Å². The maximum atomic E-state index is 13.2. The molecule has 1 fully saturated rings. The van der Waals surface area contributed by atoms with Crippen LogP contribution in [0.1, 0.15) is 49.0 Å². The summed E-state index contributed by atoms with van der Waals surface area (Å²) in [6.45, 7) is 5.14. The highest BCUT2D eigenvalue weighted by Gasteiger charge is 2.29. The van der Waals surface area contributed by atoms with Gasteiger partial charge in [-0.2, -0.15) is 4.98 Å². The number of nitrogens with two attached hydrogens (primary N) is 2. The molecule has 0 aliphatic carbocycles. The van der Waals surface area contributed by atoms with E-state index in [0.29, 0.717) is 41.1 Å². The first kappa shape index (κ1) is 20.2. The summed E-state index contributed by atoms with van der Waals surface area (Å²) in [5.41, 5.74) is 13.0. The van der Waals surface area contributed by atoms with Gasteiger partial charge in [0.2, 0.25) is 5.95 Å². The van der Waals surface area contributed by atoms with Crippen LogP contribution in [0, 0.1) is 0 Å². The molecule has 9 heteroatoms. The zero-order valence-corrected chi connectivity index (χ0v) is 17.2. The van der Waals surface area contributed by atoms with Gasteiger partial charge in [0.05, 0.1) is 23.4 Å². The van der Waals surface area contributed by atoms with E-state index in [0.717, 1.165) is 19.3 Å². The van der Waals surface area contributed by atoms with Crippen LogP contribution >= 0.6 is 0 Å². The second-order valence-corrected chi connectivity index (χ2v) is 8.13. The number of hydrogen-bond donors (Lipinski definition) is 2. The summed E-state index contributed by atoms with van der Waals surface area (Å²) in [6, 6.07) is 1.60. The van der Waals surface area contributed by atoms with Crippen LogP contribution in [0.2, 0.25) is 0 Å². The van der Waals surface area contributed by atoms with Gasteiger partial charge in [-0.15, -0.1) is 0 Å². The highest BCUT2D eigenvalue weighted by molar-refractivity contribution is 6.16. The molecule has 0 saturated carbocycles. The Labute approximate surface area is 174 Å². The second-order valence-electron chi connectivity index (χ2n) is 8.13. The topological polar surface area (TPSA) is 131 Å². The van der Waals surface area contributed by atoms with Crippen molar-refractivity contribution in [3.05, 3.63) is 42.0 Å². The first-order chi connectivity index (χ1) is 14.3. The number of aromatic nitrogens is 4. The standard InChI is InChI=1S/C21H26N6O3/c1-21(2,12-30-17-5-3-4-6-29-17)27-11-16(15-10-25-20(23)26-19(15)27)18(28)13-7-14(22)9-24-8-13/h7-11,17H,3-6,12,22H2,1-2H3,(H2,23,25,26). The molecule has 4 N–H and O–H groups in total. The molecule has 3 aromatic rings. The fourth-order valence-corrected chi connectivity index (χ4v) is 3.61. The van der Waals surface area contributed by atoms with Crippen molar-refractivity contribution in [1.29, 1.82) is 0 Å². The van der Waals surface area contributed by atoms with Gasteiger partial charge in [-0.05, 0) is 39.2 Å². The van der Waals surface area contributed by atoms with E-state index in [2.05, 4.69) is 15.0 Å². The van der Waals surface area contributed by atoms with E-state index in [-0.39, 0.29) is 18.0 Å². The first-order valence-corrected chi connectivity index (χ1v) is 9.97. The average Bonchev–Trinajstić information content (AvgIpc) is 3.12. The van der Waals surface area contributed by atoms with Gasteiger partial charge < -0.3 is 25.5 Å². The Hall–Kier alpha value is -3.04. The Kier molecular flexibility index (Phi) is 5.40.